The van der Waals surface area contributed by atoms with Gasteiger partial charge in [0.15, 0.2) is 0 Å². The molecule has 0 bridgehead atoms. The first-order valence-corrected chi connectivity index (χ1v) is 9.55. The van der Waals surface area contributed by atoms with E-state index in [1.807, 2.05) is 30.3 Å². The van der Waals surface area contributed by atoms with Gasteiger partial charge in [-0.25, -0.2) is 4.39 Å². The molecule has 0 aliphatic carbocycles. The first kappa shape index (κ1) is 19.1. The molecule has 4 rings (SSSR count). The number of aliphatic hydroxyl groups excluding tert-OH is 1. The number of fused-ring (bicyclic) bond motifs is 1. The molecule has 1 aliphatic heterocycles. The maximum Gasteiger partial charge on any atom is 0.245 e. The molecule has 6 nitrogen and oxygen atoms in total. The van der Waals surface area contributed by atoms with Crippen LogP contribution in [-0.2, 0) is 16.0 Å². The maximum absolute atomic E-state index is 14.1. The van der Waals surface area contributed by atoms with E-state index in [1.54, 1.807) is 13.0 Å². The van der Waals surface area contributed by atoms with Gasteiger partial charge in [-0.15, -0.1) is 0 Å². The lowest BCUT2D eigenvalue weighted by molar-refractivity contribution is -0.128. The van der Waals surface area contributed by atoms with Crippen LogP contribution in [0, 0.1) is 12.7 Å². The fraction of sp³-hybridized carbons (Fsp3) is 0.273. The lowest BCUT2D eigenvalue weighted by Gasteiger charge is -2.14. The van der Waals surface area contributed by atoms with Crippen LogP contribution in [-0.4, -0.2) is 40.6 Å². The van der Waals surface area contributed by atoms with Crippen LogP contribution in [0.3, 0.4) is 0 Å². The Kier molecular flexibility index (Phi) is 5.07. The molecule has 0 unspecified atom stereocenters. The van der Waals surface area contributed by atoms with Gasteiger partial charge in [0, 0.05) is 35.1 Å². The number of carbonyl (C=O) groups excluding carboxylic acids is 2. The Hall–Kier alpha value is -3.19. The predicted octanol–water partition coefficient (Wildman–Crippen LogP) is 2.19. The Bertz CT molecular complexity index is 1090. The van der Waals surface area contributed by atoms with Crippen molar-refractivity contribution < 1.29 is 19.1 Å². The minimum Gasteiger partial charge on any atom is -0.389 e. The molecule has 0 spiro atoms. The summed E-state index contributed by atoms with van der Waals surface area (Å²) in [5.74, 6) is -0.989. The number of aromatic amines is 1. The monoisotopic (exact) mass is 395 g/mol. The molecule has 2 heterocycles. The molecule has 1 aromatic heterocycles. The van der Waals surface area contributed by atoms with Crippen molar-refractivity contribution in [1.29, 1.82) is 0 Å². The van der Waals surface area contributed by atoms with Crippen LogP contribution in [0.25, 0.3) is 22.2 Å². The molecular weight excluding hydrogens is 373 g/mol. The van der Waals surface area contributed by atoms with Crippen LogP contribution in [0.4, 0.5) is 4.39 Å². The number of aromatic nitrogens is 1. The average molecular weight is 395 g/mol. The number of hydrogen-bond donors (Lipinski definition) is 4. The van der Waals surface area contributed by atoms with Gasteiger partial charge in [0.2, 0.25) is 11.8 Å². The Morgan fingerprint density at radius 3 is 2.79 bits per heavy atom. The predicted molar refractivity (Wildman–Crippen MR) is 108 cm³/mol. The molecule has 29 heavy (non-hydrogen) atoms. The summed E-state index contributed by atoms with van der Waals surface area (Å²) in [7, 11) is 0. The molecule has 2 atom stereocenters. The number of amides is 2. The Balaban J connectivity index is 1.60. The molecule has 4 N–H and O–H groups in total. The average Bonchev–Trinajstić information content (AvgIpc) is 3.23. The van der Waals surface area contributed by atoms with E-state index in [4.69, 9.17) is 0 Å². The van der Waals surface area contributed by atoms with E-state index >= 15 is 0 Å². The van der Waals surface area contributed by atoms with E-state index in [0.29, 0.717) is 17.5 Å². The van der Waals surface area contributed by atoms with Crippen molar-refractivity contribution in [2.24, 2.45) is 0 Å². The van der Waals surface area contributed by atoms with Crippen molar-refractivity contribution in [3.8, 4) is 11.3 Å². The number of nitrogens with one attached hydrogen (secondary N) is 3. The number of para-hydroxylation sites is 1. The molecule has 0 radical (unpaired) electrons. The lowest BCUT2D eigenvalue weighted by Crippen LogP contribution is -2.45. The molecule has 2 amide bonds. The summed E-state index contributed by atoms with van der Waals surface area (Å²) in [6.45, 7) is 1.85. The normalized spacial score (nSPS) is 18.8. The fourth-order valence-corrected chi connectivity index (χ4v) is 3.71. The van der Waals surface area contributed by atoms with Crippen LogP contribution >= 0.6 is 0 Å². The molecule has 1 saturated heterocycles. The number of β-amino-alcohol motifs (C(OH)–C–C–N with tert-alkyl or cyclic N) is 1. The number of hydrogen-bond acceptors (Lipinski definition) is 3. The second-order valence-electron chi connectivity index (χ2n) is 7.35. The van der Waals surface area contributed by atoms with Gasteiger partial charge >= 0.3 is 0 Å². The third-order valence-corrected chi connectivity index (χ3v) is 5.35. The highest BCUT2D eigenvalue weighted by Gasteiger charge is 2.34. The fourth-order valence-electron chi connectivity index (χ4n) is 3.71. The van der Waals surface area contributed by atoms with Crippen LogP contribution in [0.5, 0.6) is 0 Å². The summed E-state index contributed by atoms with van der Waals surface area (Å²) >= 11 is 0. The molecule has 7 heteroatoms. The quantitative estimate of drug-likeness (QED) is 0.533. The number of aryl methyl sites for hydroxylation is 2. The van der Waals surface area contributed by atoms with Gasteiger partial charge in [0.25, 0.3) is 0 Å². The molecule has 1 aliphatic rings. The summed E-state index contributed by atoms with van der Waals surface area (Å²) in [6.07, 6.45) is -0.379. The van der Waals surface area contributed by atoms with Gasteiger partial charge in [-0.1, -0.05) is 30.3 Å². The summed E-state index contributed by atoms with van der Waals surface area (Å²) < 4.78 is 14.1. The molecular formula is C22H22FN3O3. The van der Waals surface area contributed by atoms with Crippen molar-refractivity contribution in [2.45, 2.75) is 31.9 Å². The van der Waals surface area contributed by atoms with Gasteiger partial charge in [-0.05, 0) is 36.6 Å². The van der Waals surface area contributed by atoms with Crippen LogP contribution < -0.4 is 10.6 Å². The van der Waals surface area contributed by atoms with Crippen molar-refractivity contribution >= 4 is 22.7 Å². The highest BCUT2D eigenvalue weighted by atomic mass is 19.1. The van der Waals surface area contributed by atoms with E-state index in [9.17, 15) is 19.1 Å². The first-order chi connectivity index (χ1) is 13.9. The third-order valence-electron chi connectivity index (χ3n) is 5.35. The van der Waals surface area contributed by atoms with E-state index in [0.717, 1.165) is 22.2 Å². The Labute approximate surface area is 167 Å². The van der Waals surface area contributed by atoms with Crippen molar-refractivity contribution in [3.63, 3.8) is 0 Å². The number of carbonyl (C=O) groups is 2. The van der Waals surface area contributed by atoms with Gasteiger partial charge in [-0.2, -0.15) is 0 Å². The van der Waals surface area contributed by atoms with Crippen molar-refractivity contribution in [1.82, 2.24) is 15.6 Å². The smallest absolute Gasteiger partial charge is 0.245 e. The zero-order valence-corrected chi connectivity index (χ0v) is 16.0. The molecule has 1 fully saturated rings. The zero-order chi connectivity index (χ0) is 20.5. The standard InChI is InChI=1S/C22H22FN3O3/c1-12-6-7-13(10-16(12)23)20-15(14-4-2-3-5-17(14)25-20)8-9-19(28)26-21-18(27)11-24-22(21)29/h2-7,10,18,21,25,27H,8-9,11H2,1H3,(H,24,29)(H,26,28)/t18-,21+/m1/s1. The summed E-state index contributed by atoms with van der Waals surface area (Å²) in [6, 6.07) is 11.9. The van der Waals surface area contributed by atoms with Gasteiger partial charge in [0.1, 0.15) is 18.0 Å². The minimum atomic E-state index is -0.925. The van der Waals surface area contributed by atoms with E-state index < -0.39 is 12.1 Å². The number of benzene rings is 2. The highest BCUT2D eigenvalue weighted by Crippen LogP contribution is 2.32. The number of aliphatic hydroxyl groups is 1. The van der Waals surface area contributed by atoms with Crippen molar-refractivity contribution in [3.05, 3.63) is 59.4 Å². The lowest BCUT2D eigenvalue weighted by atomic mass is 10.00. The molecule has 0 saturated carbocycles. The van der Waals surface area contributed by atoms with E-state index in [-0.39, 0.29) is 30.6 Å². The molecule has 2 aromatic carbocycles. The third kappa shape index (κ3) is 3.73. The second-order valence-corrected chi connectivity index (χ2v) is 7.35. The topological polar surface area (TPSA) is 94.2 Å². The number of H-pyrrole nitrogens is 1. The Morgan fingerprint density at radius 1 is 1.28 bits per heavy atom. The summed E-state index contributed by atoms with van der Waals surface area (Å²) in [5, 5.41) is 15.9. The van der Waals surface area contributed by atoms with Crippen molar-refractivity contribution in [2.75, 3.05) is 6.54 Å². The minimum absolute atomic E-state index is 0.134. The number of rotatable bonds is 5. The SMILES string of the molecule is Cc1ccc(-c2[nH]c3ccccc3c2CCC(=O)N[C@@H]2C(=O)NC[C@H]2O)cc1F. The first-order valence-electron chi connectivity index (χ1n) is 9.55. The van der Waals surface area contributed by atoms with E-state index in [2.05, 4.69) is 15.6 Å². The zero-order valence-electron chi connectivity index (χ0n) is 16.0. The van der Waals surface area contributed by atoms with Gasteiger partial charge in [-0.3, -0.25) is 9.59 Å². The van der Waals surface area contributed by atoms with E-state index in [1.165, 1.54) is 6.07 Å². The Morgan fingerprint density at radius 2 is 2.07 bits per heavy atom. The van der Waals surface area contributed by atoms with Crippen LogP contribution in [0.2, 0.25) is 0 Å². The molecule has 3 aromatic rings. The van der Waals surface area contributed by atoms with Crippen LogP contribution in [0.1, 0.15) is 17.5 Å². The highest BCUT2D eigenvalue weighted by molar-refractivity contribution is 5.92. The number of halogens is 1. The second kappa shape index (κ2) is 7.67. The maximum atomic E-state index is 14.1. The summed E-state index contributed by atoms with van der Waals surface area (Å²) in [4.78, 5) is 27.4. The van der Waals surface area contributed by atoms with Crippen LogP contribution in [0.15, 0.2) is 42.5 Å². The summed E-state index contributed by atoms with van der Waals surface area (Å²) in [5.41, 5.74) is 3.88. The molecule has 150 valence electrons. The van der Waals surface area contributed by atoms with Gasteiger partial charge < -0.3 is 20.7 Å². The largest absolute Gasteiger partial charge is 0.389 e. The van der Waals surface area contributed by atoms with Gasteiger partial charge in [0.05, 0.1) is 0 Å².